The molecule has 1 fully saturated rings. The lowest BCUT2D eigenvalue weighted by molar-refractivity contribution is -0.269. The number of nitrogens with zero attached hydrogens (tertiary/aromatic N) is 4. The van der Waals surface area contributed by atoms with Crippen molar-refractivity contribution in [2.75, 3.05) is 18.5 Å². The second-order valence-corrected chi connectivity index (χ2v) is 15.8. The lowest BCUT2D eigenvalue weighted by Crippen LogP contribution is -2.62. The van der Waals surface area contributed by atoms with Gasteiger partial charge in [-0.3, -0.25) is 14.8 Å². The van der Waals surface area contributed by atoms with Gasteiger partial charge in [0.15, 0.2) is 5.13 Å². The molecule has 60 heavy (non-hydrogen) atoms. The summed E-state index contributed by atoms with van der Waals surface area (Å²) in [7, 11) is 0. The Morgan fingerprint density at radius 3 is 1.80 bits per heavy atom. The van der Waals surface area contributed by atoms with Crippen LogP contribution in [0.4, 0.5) is 5.13 Å². The molecule has 9 atom stereocenters. The summed E-state index contributed by atoms with van der Waals surface area (Å²) in [4.78, 5) is 32.2. The molecule has 0 saturated carbocycles. The molecular formula is C47H45N5O6S2. The van der Waals surface area contributed by atoms with Crippen molar-refractivity contribution in [2.24, 2.45) is 0 Å². The van der Waals surface area contributed by atoms with E-state index in [-0.39, 0.29) is 18.9 Å². The number of anilines is 1. The molecule has 11 nitrogen and oxygen atoms in total. The number of carbonyl (C=O) groups excluding carboxylic acids is 1. The maximum absolute atomic E-state index is 13.8. The normalized spacial score (nSPS) is 22.0. The number of nitrogens with one attached hydrogen (secondary N) is 1. The Kier molecular flexibility index (Phi) is 12.5. The molecule has 0 amide bonds. The van der Waals surface area contributed by atoms with Crippen LogP contribution in [0.5, 0.6) is 0 Å². The van der Waals surface area contributed by atoms with E-state index < -0.39 is 56.9 Å². The third-order valence-electron chi connectivity index (χ3n) is 9.46. The number of ketones is 1. The topological polar surface area (TPSA) is 127 Å². The van der Waals surface area contributed by atoms with Crippen molar-refractivity contribution in [2.45, 2.75) is 63.8 Å². The van der Waals surface area contributed by atoms with Gasteiger partial charge in [0, 0.05) is 18.9 Å². The van der Waals surface area contributed by atoms with Crippen LogP contribution < -0.4 is 5.32 Å². The zero-order valence-electron chi connectivity index (χ0n) is 36.5. The van der Waals surface area contributed by atoms with Gasteiger partial charge in [0.05, 0.1) is 66.3 Å². The molecule has 4 heterocycles. The van der Waals surface area contributed by atoms with Gasteiger partial charge in [0.25, 0.3) is 0 Å². The van der Waals surface area contributed by atoms with Gasteiger partial charge < -0.3 is 29.0 Å². The first-order chi connectivity index (χ1) is 31.2. The number of rotatable bonds is 19. The fraction of sp³-hybridized carbons (Fsp3) is 0.255. The van der Waals surface area contributed by atoms with Crippen molar-refractivity contribution in [3.8, 4) is 10.7 Å². The van der Waals surface area contributed by atoms with Gasteiger partial charge >= 0.3 is 0 Å². The van der Waals surface area contributed by atoms with E-state index in [2.05, 4.69) is 25.3 Å². The van der Waals surface area contributed by atoms with Crippen LogP contribution in [-0.4, -0.2) is 69.4 Å². The summed E-state index contributed by atoms with van der Waals surface area (Å²) < 4.78 is 69.4. The van der Waals surface area contributed by atoms with Crippen molar-refractivity contribution in [1.29, 1.82) is 0 Å². The lowest BCUT2D eigenvalue weighted by Gasteiger charge is -2.46. The summed E-state index contributed by atoms with van der Waals surface area (Å²) in [5, 5.41) is 4.33. The molecule has 0 radical (unpaired) electrons. The zero-order valence-corrected chi connectivity index (χ0v) is 34.2. The average molecular weight is 844 g/mol. The molecule has 0 bridgehead atoms. The molecule has 1 aliphatic rings. The van der Waals surface area contributed by atoms with Crippen LogP contribution in [0.2, 0.25) is 0 Å². The van der Waals surface area contributed by atoms with Crippen molar-refractivity contribution in [1.82, 2.24) is 19.9 Å². The number of aryl methyl sites for hydroxylation is 1. The van der Waals surface area contributed by atoms with Gasteiger partial charge in [-0.1, -0.05) is 133 Å². The second kappa shape index (κ2) is 20.6. The van der Waals surface area contributed by atoms with Gasteiger partial charge in [0.1, 0.15) is 41.2 Å². The predicted molar refractivity (Wildman–Crippen MR) is 232 cm³/mol. The van der Waals surface area contributed by atoms with Gasteiger partial charge in [-0.2, -0.15) is 0 Å². The zero-order chi connectivity index (χ0) is 44.4. The number of hydrogen-bond donors (Lipinski definition) is 1. The van der Waals surface area contributed by atoms with Crippen molar-refractivity contribution in [3.63, 3.8) is 0 Å². The first-order valence-electron chi connectivity index (χ1n) is 21.6. The molecule has 1 N–H and O–H groups in total. The van der Waals surface area contributed by atoms with Crippen LogP contribution in [0.15, 0.2) is 146 Å². The minimum absolute atomic E-state index is 0.0484. The number of thiazole rings is 2. The Hall–Kier alpha value is -5.51. The van der Waals surface area contributed by atoms with E-state index >= 15 is 0 Å². The number of ether oxygens (including phenoxy) is 5. The third kappa shape index (κ3) is 10.8. The SMILES string of the molecule is [2H]C(OC[C@H]1OC(CNc2ncc(C(=O)c3sc(-c4cnccn4)nc3C)s2)[C@@H](OC([2H])c2ccccc2)[C@@H](OC([2H])c2ccccc2)[C@@H]1OC([2H])c1ccccc1)c1ccccc1. The number of hydrogen-bond acceptors (Lipinski definition) is 13. The Morgan fingerprint density at radius 2 is 1.23 bits per heavy atom. The van der Waals surface area contributed by atoms with E-state index in [0.29, 0.717) is 53.5 Å². The highest BCUT2D eigenvalue weighted by Gasteiger charge is 2.48. The van der Waals surface area contributed by atoms with E-state index in [9.17, 15) is 8.91 Å². The highest BCUT2D eigenvalue weighted by Crippen LogP contribution is 2.33. The minimum Gasteiger partial charge on any atom is -0.374 e. The van der Waals surface area contributed by atoms with E-state index in [1.165, 1.54) is 17.5 Å². The van der Waals surface area contributed by atoms with E-state index in [1.54, 1.807) is 74.0 Å². The summed E-state index contributed by atoms with van der Waals surface area (Å²) in [6.45, 7) is -3.07. The van der Waals surface area contributed by atoms with E-state index in [4.69, 9.17) is 25.1 Å². The average Bonchev–Trinajstić information content (AvgIpc) is 3.99. The fourth-order valence-corrected chi connectivity index (χ4v) is 8.31. The van der Waals surface area contributed by atoms with Gasteiger partial charge in [-0.25, -0.2) is 9.97 Å². The molecule has 0 spiro atoms. The number of carbonyl (C=O) groups is 1. The van der Waals surface area contributed by atoms with Crippen LogP contribution in [0.1, 0.15) is 48.0 Å². The largest absolute Gasteiger partial charge is 0.374 e. The summed E-state index contributed by atoms with van der Waals surface area (Å²) in [5.74, 6) is -0.231. The smallest absolute Gasteiger partial charge is 0.216 e. The lowest BCUT2D eigenvalue weighted by atomic mass is 9.93. The van der Waals surface area contributed by atoms with Crippen LogP contribution in [-0.2, 0) is 50.0 Å². The summed E-state index contributed by atoms with van der Waals surface area (Å²) in [6.07, 6.45) is 1.12. The Bertz CT molecular complexity index is 2530. The van der Waals surface area contributed by atoms with Crippen LogP contribution in [0.25, 0.3) is 10.7 Å². The van der Waals surface area contributed by atoms with Gasteiger partial charge in [-0.05, 0) is 29.2 Å². The molecule has 8 rings (SSSR count). The van der Waals surface area contributed by atoms with Gasteiger partial charge in [-0.15, -0.1) is 11.3 Å². The van der Waals surface area contributed by atoms with Crippen LogP contribution in [0, 0.1) is 6.92 Å². The molecule has 7 aromatic rings. The predicted octanol–water partition coefficient (Wildman–Crippen LogP) is 8.75. The molecule has 306 valence electrons. The number of aromatic nitrogens is 4. The highest BCUT2D eigenvalue weighted by molar-refractivity contribution is 7.20. The quantitative estimate of drug-likeness (QED) is 0.0786. The Morgan fingerprint density at radius 1 is 0.683 bits per heavy atom. The standard InChI is InChI=1S/C47H45N5O6S2/c1-32-45(60-46(52-32)37-24-48-22-23-49-37)41(53)40-26-51-47(59-40)50-25-38-42(55-28-34-16-8-3-9-17-34)44(57-30-36-20-12-5-13-21-36)43(56-29-35-18-10-4-11-19-35)39(58-38)31-54-27-33-14-6-2-7-15-33/h2-24,26,38-39,42-44H,25,27-31H2,1H3,(H,50,51)/t38?,39-,42-,43-,44-/m1/s1/i27D,28D,29D,30D/t27?,28?,29?,30?,38?,39-,42-,43-,44-. The molecule has 13 heteroatoms. The Labute approximate surface area is 363 Å². The summed E-state index contributed by atoms with van der Waals surface area (Å²) in [5.41, 5.74) is 3.50. The molecule has 1 saturated heterocycles. The number of benzene rings is 4. The van der Waals surface area contributed by atoms with E-state index in [0.717, 1.165) is 11.3 Å². The van der Waals surface area contributed by atoms with Crippen LogP contribution in [0.3, 0.4) is 0 Å². The van der Waals surface area contributed by atoms with E-state index in [1.807, 2.05) is 72.8 Å². The first kappa shape index (κ1) is 36.4. The maximum atomic E-state index is 13.8. The highest BCUT2D eigenvalue weighted by atomic mass is 32.1. The van der Waals surface area contributed by atoms with Crippen molar-refractivity contribution in [3.05, 3.63) is 184 Å². The van der Waals surface area contributed by atoms with Crippen molar-refractivity contribution >= 4 is 33.6 Å². The molecule has 0 aliphatic carbocycles. The van der Waals surface area contributed by atoms with Crippen molar-refractivity contribution < 1.29 is 34.0 Å². The van der Waals surface area contributed by atoms with Gasteiger partial charge in [0.2, 0.25) is 5.78 Å². The maximum Gasteiger partial charge on any atom is 0.216 e. The monoisotopic (exact) mass is 843 g/mol. The molecule has 5 unspecified atom stereocenters. The minimum atomic E-state index is -1.23. The Balaban J connectivity index is 1.12. The summed E-state index contributed by atoms with van der Waals surface area (Å²) in [6, 6.07) is 36.3. The molecular weight excluding hydrogens is 795 g/mol. The molecule has 3 aromatic heterocycles. The fourth-order valence-electron chi connectivity index (χ4n) is 6.50. The summed E-state index contributed by atoms with van der Waals surface area (Å²) >= 11 is 2.40. The second-order valence-electron chi connectivity index (χ2n) is 13.7. The molecule has 1 aliphatic heterocycles. The van der Waals surface area contributed by atoms with Crippen LogP contribution >= 0.6 is 22.7 Å². The molecule has 4 aromatic carbocycles. The third-order valence-corrected chi connectivity index (χ3v) is 11.6. The first-order valence-corrected chi connectivity index (χ1v) is 21.0.